The van der Waals surface area contributed by atoms with Crippen LogP contribution in [0.1, 0.15) is 32.3 Å². The van der Waals surface area contributed by atoms with Crippen LogP contribution < -0.4 is 10.6 Å². The third-order valence-electron chi connectivity index (χ3n) is 5.05. The van der Waals surface area contributed by atoms with Crippen molar-refractivity contribution in [3.63, 3.8) is 0 Å². The van der Waals surface area contributed by atoms with Crippen LogP contribution in [0.5, 0.6) is 0 Å². The maximum absolute atomic E-state index is 11.9. The zero-order valence-corrected chi connectivity index (χ0v) is 20.9. The standard InChI is InChI=1S/C20H35N5O2S.HI/c1-4-21-20(23-13-15-25-14-8-16-28(25,26)27)22-12-11-18(2)24(3)17-19-9-6-5-7-10-19;/h5-7,9-10,18H,4,8,11-17H2,1-3H3,(H2,21,22,23);1H. The van der Waals surface area contributed by atoms with Crippen LogP contribution >= 0.6 is 24.0 Å². The van der Waals surface area contributed by atoms with Gasteiger partial charge in [0, 0.05) is 45.3 Å². The Hall–Kier alpha value is -0.910. The topological polar surface area (TPSA) is 77.0 Å². The molecule has 9 heteroatoms. The van der Waals surface area contributed by atoms with Crippen LogP contribution in [0.25, 0.3) is 0 Å². The van der Waals surface area contributed by atoms with Crippen LogP contribution in [-0.2, 0) is 16.6 Å². The van der Waals surface area contributed by atoms with E-state index in [0.29, 0.717) is 25.7 Å². The van der Waals surface area contributed by atoms with Gasteiger partial charge in [0.05, 0.1) is 5.75 Å². The van der Waals surface area contributed by atoms with Crippen molar-refractivity contribution in [3.8, 4) is 0 Å². The highest BCUT2D eigenvalue weighted by Crippen LogP contribution is 2.12. The molecule has 2 rings (SSSR count). The number of sulfonamides is 1. The molecule has 0 spiro atoms. The fraction of sp³-hybridized carbons (Fsp3) is 0.650. The Morgan fingerprint density at radius 3 is 2.62 bits per heavy atom. The van der Waals surface area contributed by atoms with Crippen molar-refractivity contribution >= 4 is 40.0 Å². The molecule has 166 valence electrons. The molecule has 1 unspecified atom stereocenters. The molecule has 0 amide bonds. The molecule has 0 radical (unpaired) electrons. The molecule has 1 aromatic rings. The molecule has 2 N–H and O–H groups in total. The van der Waals surface area contributed by atoms with Crippen LogP contribution in [0.3, 0.4) is 0 Å². The van der Waals surface area contributed by atoms with E-state index in [1.165, 1.54) is 5.56 Å². The lowest BCUT2D eigenvalue weighted by Gasteiger charge is -2.24. The summed E-state index contributed by atoms with van der Waals surface area (Å²) in [6, 6.07) is 10.9. The van der Waals surface area contributed by atoms with Crippen molar-refractivity contribution in [3.05, 3.63) is 35.9 Å². The second-order valence-electron chi connectivity index (χ2n) is 7.29. The maximum atomic E-state index is 11.9. The molecule has 0 saturated carbocycles. The highest BCUT2D eigenvalue weighted by molar-refractivity contribution is 14.0. The lowest BCUT2D eigenvalue weighted by atomic mass is 10.1. The fourth-order valence-electron chi connectivity index (χ4n) is 3.19. The minimum atomic E-state index is -3.03. The van der Waals surface area contributed by atoms with Gasteiger partial charge in [0.1, 0.15) is 0 Å². The summed E-state index contributed by atoms with van der Waals surface area (Å²) in [7, 11) is -0.893. The number of halogens is 1. The third kappa shape index (κ3) is 9.18. The lowest BCUT2D eigenvalue weighted by Crippen LogP contribution is -2.42. The first kappa shape index (κ1) is 26.1. The summed E-state index contributed by atoms with van der Waals surface area (Å²) in [6.07, 6.45) is 1.69. The summed E-state index contributed by atoms with van der Waals surface area (Å²) >= 11 is 0. The van der Waals surface area contributed by atoms with Crippen LogP contribution in [0.4, 0.5) is 0 Å². The van der Waals surface area contributed by atoms with E-state index in [1.54, 1.807) is 4.31 Å². The van der Waals surface area contributed by atoms with Gasteiger partial charge in [-0.2, -0.15) is 0 Å². The number of aliphatic imine (C=N–C) groups is 1. The Morgan fingerprint density at radius 1 is 1.28 bits per heavy atom. The van der Waals surface area contributed by atoms with Crippen molar-refractivity contribution in [1.29, 1.82) is 0 Å². The SMILES string of the molecule is CCNC(=NCCC(C)N(C)Cc1ccccc1)NCCN1CCCS1(=O)=O.I. The lowest BCUT2D eigenvalue weighted by molar-refractivity contribution is 0.240. The van der Waals surface area contributed by atoms with Gasteiger partial charge in [0.15, 0.2) is 5.96 Å². The number of nitrogens with zero attached hydrogens (tertiary/aromatic N) is 3. The molecule has 1 aromatic carbocycles. The first-order valence-corrected chi connectivity index (χ1v) is 11.8. The smallest absolute Gasteiger partial charge is 0.214 e. The number of guanidine groups is 1. The first-order chi connectivity index (χ1) is 13.4. The van der Waals surface area contributed by atoms with Crippen LogP contribution in [-0.4, -0.2) is 75.1 Å². The van der Waals surface area contributed by atoms with E-state index in [9.17, 15) is 8.42 Å². The average molecular weight is 538 g/mol. The van der Waals surface area contributed by atoms with Gasteiger partial charge < -0.3 is 10.6 Å². The number of hydrogen-bond acceptors (Lipinski definition) is 4. The van der Waals surface area contributed by atoms with Crippen molar-refractivity contribution in [2.45, 2.75) is 39.3 Å². The predicted molar refractivity (Wildman–Crippen MR) is 131 cm³/mol. The van der Waals surface area contributed by atoms with Gasteiger partial charge in [0.2, 0.25) is 10.0 Å². The van der Waals surface area contributed by atoms with E-state index >= 15 is 0 Å². The second-order valence-corrected chi connectivity index (χ2v) is 9.38. The van der Waals surface area contributed by atoms with E-state index < -0.39 is 10.0 Å². The molecule has 0 aromatic heterocycles. The Bertz CT molecular complexity index is 715. The molecule has 1 heterocycles. The summed E-state index contributed by atoms with van der Waals surface area (Å²) in [5.74, 6) is 1.02. The Morgan fingerprint density at radius 2 is 2.00 bits per heavy atom. The summed E-state index contributed by atoms with van der Waals surface area (Å²) in [5.41, 5.74) is 1.31. The fourth-order valence-corrected chi connectivity index (χ4v) is 4.72. The summed E-state index contributed by atoms with van der Waals surface area (Å²) in [6.45, 7) is 8.35. The minimum absolute atomic E-state index is 0. The molecule has 1 saturated heterocycles. The molecule has 0 aliphatic carbocycles. The van der Waals surface area contributed by atoms with Crippen molar-refractivity contribution in [1.82, 2.24) is 19.8 Å². The molecule has 0 bridgehead atoms. The van der Waals surface area contributed by atoms with Gasteiger partial charge in [0.25, 0.3) is 0 Å². The molecular formula is C20H36IN5O2S. The van der Waals surface area contributed by atoms with E-state index in [-0.39, 0.29) is 29.7 Å². The van der Waals surface area contributed by atoms with Gasteiger partial charge in [-0.15, -0.1) is 24.0 Å². The zero-order valence-electron chi connectivity index (χ0n) is 17.8. The van der Waals surface area contributed by atoms with Gasteiger partial charge in [-0.3, -0.25) is 9.89 Å². The predicted octanol–water partition coefficient (Wildman–Crippen LogP) is 2.11. The Labute approximate surface area is 193 Å². The van der Waals surface area contributed by atoms with E-state index in [1.807, 2.05) is 13.0 Å². The van der Waals surface area contributed by atoms with Crippen molar-refractivity contribution < 1.29 is 8.42 Å². The van der Waals surface area contributed by atoms with E-state index in [2.05, 4.69) is 58.8 Å². The van der Waals surface area contributed by atoms with Gasteiger partial charge in [-0.05, 0) is 39.3 Å². The van der Waals surface area contributed by atoms with Crippen LogP contribution in [0.2, 0.25) is 0 Å². The van der Waals surface area contributed by atoms with E-state index in [4.69, 9.17) is 0 Å². The third-order valence-corrected chi connectivity index (χ3v) is 7.00. The van der Waals surface area contributed by atoms with E-state index in [0.717, 1.165) is 38.4 Å². The molecule has 7 nitrogen and oxygen atoms in total. The van der Waals surface area contributed by atoms with Crippen LogP contribution in [0, 0.1) is 0 Å². The highest BCUT2D eigenvalue weighted by atomic mass is 127. The largest absolute Gasteiger partial charge is 0.357 e. The summed E-state index contributed by atoms with van der Waals surface area (Å²) < 4.78 is 25.3. The van der Waals surface area contributed by atoms with Crippen molar-refractivity contribution in [2.75, 3.05) is 45.5 Å². The van der Waals surface area contributed by atoms with Gasteiger partial charge in [-0.25, -0.2) is 12.7 Å². The zero-order chi connectivity index (χ0) is 20.4. The average Bonchev–Trinajstić information content (AvgIpc) is 3.00. The monoisotopic (exact) mass is 537 g/mol. The molecular weight excluding hydrogens is 501 g/mol. The maximum Gasteiger partial charge on any atom is 0.214 e. The normalized spacial score (nSPS) is 17.7. The molecule has 1 fully saturated rings. The number of hydrogen-bond donors (Lipinski definition) is 2. The van der Waals surface area contributed by atoms with Crippen molar-refractivity contribution in [2.24, 2.45) is 4.99 Å². The second kappa shape index (κ2) is 13.4. The Kier molecular flexibility index (Phi) is 12.1. The molecule has 29 heavy (non-hydrogen) atoms. The number of nitrogens with one attached hydrogen (secondary N) is 2. The minimum Gasteiger partial charge on any atom is -0.357 e. The molecule has 1 aliphatic rings. The molecule has 1 atom stereocenters. The van der Waals surface area contributed by atoms with Crippen LogP contribution in [0.15, 0.2) is 35.3 Å². The first-order valence-electron chi connectivity index (χ1n) is 10.2. The number of rotatable bonds is 10. The number of benzene rings is 1. The summed E-state index contributed by atoms with van der Waals surface area (Å²) in [5, 5.41) is 6.48. The quantitative estimate of drug-likeness (QED) is 0.272. The molecule has 1 aliphatic heterocycles. The van der Waals surface area contributed by atoms with Gasteiger partial charge in [-0.1, -0.05) is 30.3 Å². The Balaban J connectivity index is 0.00000420. The highest BCUT2D eigenvalue weighted by Gasteiger charge is 2.27. The van der Waals surface area contributed by atoms with Gasteiger partial charge >= 0.3 is 0 Å². The summed E-state index contributed by atoms with van der Waals surface area (Å²) in [4.78, 5) is 6.98.